The highest BCUT2D eigenvalue weighted by Crippen LogP contribution is 2.41. The summed E-state index contributed by atoms with van der Waals surface area (Å²) in [7, 11) is 3.16. The fourth-order valence-corrected chi connectivity index (χ4v) is 5.60. The number of aromatic nitrogens is 3. The molecule has 1 fully saturated rings. The zero-order valence-electron chi connectivity index (χ0n) is 22.7. The summed E-state index contributed by atoms with van der Waals surface area (Å²) < 4.78 is 18.5. The number of carbonyl (C=O) groups excluding carboxylic acids is 1. The zero-order valence-corrected chi connectivity index (χ0v) is 23.5. The van der Waals surface area contributed by atoms with Gasteiger partial charge in [-0.3, -0.25) is 4.79 Å². The molecular formula is C31H26ClN5O4. The SMILES string of the molecule is COc1ccc(N2C(=O)CC[C@H]2c2nc(-c3cc4c(C)noc4cc3OC)cn2Cc2ccc(C#N)cc2)cc1Cl. The van der Waals surface area contributed by atoms with Crippen molar-refractivity contribution in [1.82, 2.24) is 14.7 Å². The molecule has 0 N–H and O–H groups in total. The molecule has 0 bridgehead atoms. The molecule has 9 nitrogen and oxygen atoms in total. The fourth-order valence-electron chi connectivity index (χ4n) is 5.35. The molecule has 5 aromatic rings. The van der Waals surface area contributed by atoms with Crippen LogP contribution >= 0.6 is 11.6 Å². The first-order valence-electron chi connectivity index (χ1n) is 13.1. The van der Waals surface area contributed by atoms with E-state index in [1.807, 2.05) is 43.5 Å². The molecule has 0 unspecified atom stereocenters. The maximum Gasteiger partial charge on any atom is 0.227 e. The van der Waals surface area contributed by atoms with E-state index in [1.54, 1.807) is 43.4 Å². The van der Waals surface area contributed by atoms with Gasteiger partial charge in [-0.25, -0.2) is 4.98 Å². The molecule has 0 aliphatic carbocycles. The topological polar surface area (TPSA) is 106 Å². The molecule has 0 spiro atoms. The van der Waals surface area contributed by atoms with Crippen LogP contribution in [0.5, 0.6) is 11.5 Å². The number of nitriles is 1. The first kappa shape index (κ1) is 26.4. The van der Waals surface area contributed by atoms with Gasteiger partial charge >= 0.3 is 0 Å². The van der Waals surface area contributed by atoms with Crippen LogP contribution in [0.3, 0.4) is 0 Å². The monoisotopic (exact) mass is 567 g/mol. The number of halogens is 1. The highest BCUT2D eigenvalue weighted by molar-refractivity contribution is 6.32. The third-order valence-electron chi connectivity index (χ3n) is 7.42. The van der Waals surface area contributed by atoms with Gasteiger partial charge in [0.2, 0.25) is 5.91 Å². The van der Waals surface area contributed by atoms with E-state index in [0.29, 0.717) is 58.4 Å². The number of imidazole rings is 1. The second kappa shape index (κ2) is 10.6. The van der Waals surface area contributed by atoms with Crippen LogP contribution in [0.4, 0.5) is 5.69 Å². The van der Waals surface area contributed by atoms with E-state index in [-0.39, 0.29) is 11.9 Å². The molecule has 1 amide bonds. The molecule has 1 saturated heterocycles. The number of anilines is 1. The normalized spacial score (nSPS) is 15.0. The van der Waals surface area contributed by atoms with E-state index in [1.165, 1.54) is 0 Å². The standard InChI is InChI=1S/C31H26ClN5O4/c1-18-22-13-23(28(40-3)14-29(22)41-35-18)25-17-36(16-20-6-4-19(15-33)5-7-20)31(34-25)26-9-11-30(38)37(26)21-8-10-27(39-2)24(32)12-21/h4-8,10,12-14,17,26H,9,11,16H2,1-3H3/t26-/m0/s1. The summed E-state index contributed by atoms with van der Waals surface area (Å²) in [5.74, 6) is 1.86. The summed E-state index contributed by atoms with van der Waals surface area (Å²) in [5.41, 5.74) is 5.14. The van der Waals surface area contributed by atoms with Crippen molar-refractivity contribution < 1.29 is 18.8 Å². The average Bonchev–Trinajstić information content (AvgIpc) is 3.69. The Bertz CT molecular complexity index is 1820. The number of nitrogens with zero attached hydrogens (tertiary/aromatic N) is 5. The van der Waals surface area contributed by atoms with Gasteiger partial charge in [0.1, 0.15) is 17.3 Å². The van der Waals surface area contributed by atoms with E-state index in [4.69, 9.17) is 30.6 Å². The third kappa shape index (κ3) is 4.77. The van der Waals surface area contributed by atoms with Crippen molar-refractivity contribution in [2.45, 2.75) is 32.4 Å². The number of carbonyl (C=O) groups is 1. The van der Waals surface area contributed by atoms with Crippen LogP contribution < -0.4 is 14.4 Å². The molecule has 10 heteroatoms. The Morgan fingerprint density at radius 3 is 2.59 bits per heavy atom. The Hall–Kier alpha value is -4.81. The van der Waals surface area contributed by atoms with Gasteiger partial charge in [-0.1, -0.05) is 28.9 Å². The van der Waals surface area contributed by atoms with Gasteiger partial charge in [0.15, 0.2) is 5.58 Å². The van der Waals surface area contributed by atoms with Gasteiger partial charge < -0.3 is 23.5 Å². The average molecular weight is 568 g/mol. The number of amides is 1. The van der Waals surface area contributed by atoms with Gasteiger partial charge in [-0.2, -0.15) is 5.26 Å². The molecule has 6 rings (SSSR count). The molecule has 3 heterocycles. The van der Waals surface area contributed by atoms with Gasteiger partial charge in [-0.05, 0) is 55.3 Å². The minimum atomic E-state index is -0.328. The number of benzene rings is 3. The van der Waals surface area contributed by atoms with E-state index >= 15 is 0 Å². The largest absolute Gasteiger partial charge is 0.496 e. The Kier molecular flexibility index (Phi) is 6.85. The summed E-state index contributed by atoms with van der Waals surface area (Å²) in [6.07, 6.45) is 2.94. The maximum absolute atomic E-state index is 13.2. The number of fused-ring (bicyclic) bond motifs is 1. The van der Waals surface area contributed by atoms with Crippen LogP contribution in [0.2, 0.25) is 5.02 Å². The first-order chi connectivity index (χ1) is 19.9. The minimum Gasteiger partial charge on any atom is -0.496 e. The zero-order chi connectivity index (χ0) is 28.7. The lowest BCUT2D eigenvalue weighted by atomic mass is 10.1. The quantitative estimate of drug-likeness (QED) is 0.222. The predicted molar refractivity (Wildman–Crippen MR) is 154 cm³/mol. The van der Waals surface area contributed by atoms with Crippen molar-refractivity contribution in [3.05, 3.63) is 88.5 Å². The second-order valence-corrected chi connectivity index (χ2v) is 10.3. The molecule has 0 radical (unpaired) electrons. The number of hydrogen-bond donors (Lipinski definition) is 0. The van der Waals surface area contributed by atoms with Gasteiger partial charge in [0.25, 0.3) is 0 Å². The Morgan fingerprint density at radius 2 is 1.88 bits per heavy atom. The first-order valence-corrected chi connectivity index (χ1v) is 13.4. The summed E-state index contributed by atoms with van der Waals surface area (Å²) in [6.45, 7) is 2.38. The lowest BCUT2D eigenvalue weighted by molar-refractivity contribution is -0.117. The lowest BCUT2D eigenvalue weighted by Gasteiger charge is -2.25. The lowest BCUT2D eigenvalue weighted by Crippen LogP contribution is -2.29. The van der Waals surface area contributed by atoms with Crippen molar-refractivity contribution in [3.63, 3.8) is 0 Å². The van der Waals surface area contributed by atoms with Gasteiger partial charge in [-0.15, -0.1) is 0 Å². The summed E-state index contributed by atoms with van der Waals surface area (Å²) in [5, 5.41) is 14.6. The van der Waals surface area contributed by atoms with Crippen molar-refractivity contribution in [2.24, 2.45) is 0 Å². The summed E-state index contributed by atoms with van der Waals surface area (Å²) >= 11 is 6.45. The molecular weight excluding hydrogens is 542 g/mol. The molecule has 206 valence electrons. The number of rotatable bonds is 7. The maximum atomic E-state index is 13.2. The van der Waals surface area contributed by atoms with Gasteiger partial charge in [0.05, 0.1) is 48.3 Å². The fraction of sp³-hybridized carbons (Fsp3) is 0.226. The number of ether oxygens (including phenoxy) is 2. The van der Waals surface area contributed by atoms with Crippen LogP contribution in [0.1, 0.15) is 41.5 Å². The molecule has 1 aliphatic heterocycles. The Balaban J connectivity index is 1.48. The van der Waals surface area contributed by atoms with Crippen LogP contribution in [-0.2, 0) is 11.3 Å². The summed E-state index contributed by atoms with van der Waals surface area (Å²) in [4.78, 5) is 20.1. The second-order valence-electron chi connectivity index (χ2n) is 9.87. The van der Waals surface area contributed by atoms with Crippen molar-refractivity contribution in [2.75, 3.05) is 19.1 Å². The third-order valence-corrected chi connectivity index (χ3v) is 7.71. The molecule has 2 aromatic heterocycles. The molecule has 1 aliphatic rings. The van der Waals surface area contributed by atoms with Crippen LogP contribution in [0, 0.1) is 18.3 Å². The van der Waals surface area contributed by atoms with Crippen molar-refractivity contribution in [3.8, 4) is 28.8 Å². The van der Waals surface area contributed by atoms with Crippen LogP contribution in [-0.4, -0.2) is 34.8 Å². The Labute approximate surface area is 241 Å². The molecule has 41 heavy (non-hydrogen) atoms. The number of hydrogen-bond acceptors (Lipinski definition) is 7. The number of aryl methyl sites for hydroxylation is 1. The van der Waals surface area contributed by atoms with Crippen LogP contribution in [0.15, 0.2) is 65.3 Å². The van der Waals surface area contributed by atoms with E-state index in [2.05, 4.69) is 15.8 Å². The highest BCUT2D eigenvalue weighted by atomic mass is 35.5. The summed E-state index contributed by atoms with van der Waals surface area (Å²) in [6, 6.07) is 18.4. The van der Waals surface area contributed by atoms with Crippen molar-refractivity contribution in [1.29, 1.82) is 5.26 Å². The molecule has 3 aromatic carbocycles. The molecule has 1 atom stereocenters. The smallest absolute Gasteiger partial charge is 0.227 e. The van der Waals surface area contributed by atoms with Gasteiger partial charge in [0, 0.05) is 41.9 Å². The van der Waals surface area contributed by atoms with E-state index in [9.17, 15) is 10.1 Å². The predicted octanol–water partition coefficient (Wildman–Crippen LogP) is 6.46. The van der Waals surface area contributed by atoms with Crippen molar-refractivity contribution >= 4 is 34.2 Å². The number of methoxy groups -OCH3 is 2. The molecule has 0 saturated carbocycles. The minimum absolute atomic E-state index is 0.00944. The van der Waals surface area contributed by atoms with E-state index < -0.39 is 0 Å². The highest BCUT2D eigenvalue weighted by Gasteiger charge is 2.37. The van der Waals surface area contributed by atoms with E-state index in [0.717, 1.165) is 28.0 Å². The van der Waals surface area contributed by atoms with Crippen LogP contribution in [0.25, 0.3) is 22.2 Å². The Morgan fingerprint density at radius 1 is 1.10 bits per heavy atom.